The van der Waals surface area contributed by atoms with Crippen molar-refractivity contribution < 1.29 is 32.8 Å². The molecule has 1 aromatic rings. The number of anilines is 1. The van der Waals surface area contributed by atoms with E-state index in [1.165, 1.54) is 0 Å². The summed E-state index contributed by atoms with van der Waals surface area (Å²) in [6.07, 6.45) is -0.208. The van der Waals surface area contributed by atoms with Crippen molar-refractivity contribution in [1.82, 2.24) is 0 Å². The summed E-state index contributed by atoms with van der Waals surface area (Å²) >= 11 is 0. The summed E-state index contributed by atoms with van der Waals surface area (Å²) in [6, 6.07) is 2.56. The van der Waals surface area contributed by atoms with Gasteiger partial charge in [-0.25, -0.2) is 8.78 Å². The first kappa shape index (κ1) is 20.4. The highest BCUT2D eigenvalue weighted by Crippen LogP contribution is 2.36. The molecule has 0 unspecified atom stereocenters. The van der Waals surface area contributed by atoms with Crippen molar-refractivity contribution in [2.24, 2.45) is 17.8 Å². The number of esters is 1. The number of rotatable bonds is 7. The Morgan fingerprint density at radius 1 is 1.37 bits per heavy atom. The van der Waals surface area contributed by atoms with Gasteiger partial charge >= 0.3 is 5.97 Å². The minimum atomic E-state index is -0.983. The second-order valence-electron chi connectivity index (χ2n) is 6.47. The van der Waals surface area contributed by atoms with Gasteiger partial charge in [-0.3, -0.25) is 24.5 Å². The zero-order valence-corrected chi connectivity index (χ0v) is 14.4. The highest BCUT2D eigenvalue weighted by molar-refractivity contribution is 5.93. The SMILES string of the molecule is C[C@H]1CC(=O)[C@H](CC(=O)OCC(=O)Nc2ccc(F)cc2F)[C@@H]1C[N+](=O)[O-]. The third-order valence-electron chi connectivity index (χ3n) is 4.50. The maximum absolute atomic E-state index is 13.5. The van der Waals surface area contributed by atoms with E-state index in [9.17, 15) is 33.3 Å². The predicted octanol–water partition coefficient (Wildman–Crippen LogP) is 1.95. The first-order valence-corrected chi connectivity index (χ1v) is 8.22. The van der Waals surface area contributed by atoms with Crippen LogP contribution in [0.2, 0.25) is 0 Å². The van der Waals surface area contributed by atoms with Crippen molar-refractivity contribution in [3.8, 4) is 0 Å². The van der Waals surface area contributed by atoms with Gasteiger partial charge < -0.3 is 10.1 Å². The fourth-order valence-corrected chi connectivity index (χ4v) is 3.16. The quantitative estimate of drug-likeness (QED) is 0.436. The lowest BCUT2D eigenvalue weighted by Crippen LogP contribution is -2.28. The number of nitrogens with one attached hydrogen (secondary N) is 1. The van der Waals surface area contributed by atoms with Crippen LogP contribution in [0.4, 0.5) is 14.5 Å². The number of hydrogen-bond donors (Lipinski definition) is 1. The molecule has 1 aliphatic carbocycles. The molecular formula is C17H18F2N2O6. The Morgan fingerprint density at radius 2 is 2.07 bits per heavy atom. The zero-order valence-electron chi connectivity index (χ0n) is 14.4. The van der Waals surface area contributed by atoms with E-state index in [0.29, 0.717) is 6.07 Å². The van der Waals surface area contributed by atoms with Crippen molar-refractivity contribution in [2.45, 2.75) is 19.8 Å². The van der Waals surface area contributed by atoms with E-state index >= 15 is 0 Å². The van der Waals surface area contributed by atoms with Crippen LogP contribution in [0.15, 0.2) is 18.2 Å². The van der Waals surface area contributed by atoms with Gasteiger partial charge in [0.15, 0.2) is 6.61 Å². The first-order chi connectivity index (χ1) is 12.7. The summed E-state index contributed by atoms with van der Waals surface area (Å²) in [5.74, 6) is -5.35. The van der Waals surface area contributed by atoms with E-state index in [0.717, 1.165) is 12.1 Å². The summed E-state index contributed by atoms with van der Waals surface area (Å²) in [4.78, 5) is 45.8. The Bertz CT molecular complexity index is 770. The number of hydrogen-bond acceptors (Lipinski definition) is 6. The number of nitro groups is 1. The fraction of sp³-hybridized carbons (Fsp3) is 0.471. The molecule has 3 atom stereocenters. The van der Waals surface area contributed by atoms with E-state index in [1.807, 2.05) is 0 Å². The molecule has 1 aliphatic rings. The number of benzene rings is 1. The highest BCUT2D eigenvalue weighted by Gasteiger charge is 2.44. The molecule has 1 N–H and O–H groups in total. The Labute approximate surface area is 153 Å². The van der Waals surface area contributed by atoms with Crippen LogP contribution in [0.1, 0.15) is 19.8 Å². The Morgan fingerprint density at radius 3 is 2.70 bits per heavy atom. The van der Waals surface area contributed by atoms with E-state index in [-0.39, 0.29) is 30.2 Å². The third-order valence-corrected chi connectivity index (χ3v) is 4.50. The minimum Gasteiger partial charge on any atom is -0.456 e. The smallest absolute Gasteiger partial charge is 0.307 e. The van der Waals surface area contributed by atoms with Crippen LogP contribution in [0.25, 0.3) is 0 Å². The van der Waals surface area contributed by atoms with E-state index in [2.05, 4.69) is 5.32 Å². The fourth-order valence-electron chi connectivity index (χ4n) is 3.16. The van der Waals surface area contributed by atoms with Crippen molar-refractivity contribution in [2.75, 3.05) is 18.5 Å². The molecule has 27 heavy (non-hydrogen) atoms. The summed E-state index contributed by atoms with van der Waals surface area (Å²) < 4.78 is 31.0. The molecule has 8 nitrogen and oxygen atoms in total. The molecular weight excluding hydrogens is 366 g/mol. The number of Topliss-reactive ketones (excluding diaryl/α,β-unsaturated/α-hetero) is 1. The largest absolute Gasteiger partial charge is 0.456 e. The molecule has 0 aliphatic heterocycles. The maximum Gasteiger partial charge on any atom is 0.307 e. The van der Waals surface area contributed by atoms with Crippen molar-refractivity contribution in [3.05, 3.63) is 39.9 Å². The van der Waals surface area contributed by atoms with Gasteiger partial charge in [0.2, 0.25) is 6.54 Å². The van der Waals surface area contributed by atoms with E-state index in [4.69, 9.17) is 4.74 Å². The summed E-state index contributed by atoms with van der Waals surface area (Å²) in [5, 5.41) is 12.9. The lowest BCUT2D eigenvalue weighted by Gasteiger charge is -2.17. The van der Waals surface area contributed by atoms with Gasteiger partial charge in [-0.2, -0.15) is 0 Å². The van der Waals surface area contributed by atoms with Gasteiger partial charge in [-0.1, -0.05) is 6.92 Å². The van der Waals surface area contributed by atoms with Crippen LogP contribution in [-0.2, 0) is 19.1 Å². The third kappa shape index (κ3) is 5.53. The number of carbonyl (C=O) groups excluding carboxylic acids is 3. The van der Waals surface area contributed by atoms with Crippen molar-refractivity contribution in [1.29, 1.82) is 0 Å². The van der Waals surface area contributed by atoms with E-state index in [1.54, 1.807) is 6.92 Å². The lowest BCUT2D eigenvalue weighted by molar-refractivity contribution is -0.490. The van der Waals surface area contributed by atoms with Gasteiger partial charge in [0.25, 0.3) is 5.91 Å². The number of ether oxygens (including phenoxy) is 1. The van der Waals surface area contributed by atoms with Gasteiger partial charge in [0.05, 0.1) is 12.1 Å². The maximum atomic E-state index is 13.5. The van der Waals surface area contributed by atoms with Crippen LogP contribution in [-0.4, -0.2) is 35.7 Å². The minimum absolute atomic E-state index is 0.154. The summed E-state index contributed by atoms with van der Waals surface area (Å²) in [6.45, 7) is 0.559. The monoisotopic (exact) mass is 384 g/mol. The number of ketones is 1. The van der Waals surface area contributed by atoms with Gasteiger partial charge in [-0.05, 0) is 18.1 Å². The predicted molar refractivity (Wildman–Crippen MR) is 88.2 cm³/mol. The van der Waals surface area contributed by atoms with Crippen LogP contribution < -0.4 is 5.32 Å². The second-order valence-corrected chi connectivity index (χ2v) is 6.47. The van der Waals surface area contributed by atoms with Crippen LogP contribution in [0.5, 0.6) is 0 Å². The van der Waals surface area contributed by atoms with Gasteiger partial charge in [0.1, 0.15) is 17.4 Å². The standard InChI is InChI=1S/C17H18F2N2O6/c1-9-4-15(22)11(12(9)7-21(25)26)6-17(24)27-8-16(23)20-14-3-2-10(18)5-13(14)19/h2-3,5,9,11-12H,4,6-8H2,1H3,(H,20,23)/t9-,11+,12+/m0/s1. The topological polar surface area (TPSA) is 116 Å². The molecule has 2 rings (SSSR count). The van der Waals surface area contributed by atoms with Crippen LogP contribution in [0, 0.1) is 39.5 Å². The second kappa shape index (κ2) is 8.65. The van der Waals surface area contributed by atoms with Crippen LogP contribution >= 0.6 is 0 Å². The van der Waals surface area contributed by atoms with Gasteiger partial charge in [0, 0.05) is 29.2 Å². The van der Waals surface area contributed by atoms with Gasteiger partial charge in [-0.15, -0.1) is 0 Å². The molecule has 0 bridgehead atoms. The summed E-state index contributed by atoms with van der Waals surface area (Å²) in [7, 11) is 0. The molecule has 0 heterocycles. The molecule has 1 fully saturated rings. The van der Waals surface area contributed by atoms with Crippen molar-refractivity contribution >= 4 is 23.3 Å². The summed E-state index contributed by atoms with van der Waals surface area (Å²) in [5.41, 5.74) is -0.275. The Kier molecular flexibility index (Phi) is 6.54. The average molecular weight is 384 g/mol. The molecule has 0 radical (unpaired) electrons. The number of nitrogens with zero attached hydrogens (tertiary/aromatic N) is 1. The number of carbonyl (C=O) groups is 3. The first-order valence-electron chi connectivity index (χ1n) is 8.22. The normalized spacial score (nSPS) is 21.7. The Hall–Kier alpha value is -2.91. The van der Waals surface area contributed by atoms with Crippen LogP contribution in [0.3, 0.4) is 0 Å². The lowest BCUT2D eigenvalue weighted by atomic mass is 9.88. The highest BCUT2D eigenvalue weighted by atomic mass is 19.1. The number of amides is 1. The molecule has 0 spiro atoms. The molecule has 1 saturated carbocycles. The Balaban J connectivity index is 1.86. The molecule has 146 valence electrons. The average Bonchev–Trinajstić information content (AvgIpc) is 2.82. The van der Waals surface area contributed by atoms with Crippen molar-refractivity contribution in [3.63, 3.8) is 0 Å². The molecule has 0 saturated heterocycles. The van der Waals surface area contributed by atoms with E-state index < -0.39 is 53.4 Å². The molecule has 1 aromatic carbocycles. The zero-order chi connectivity index (χ0) is 20.1. The molecule has 1 amide bonds. The molecule has 10 heteroatoms. The number of halogens is 2. The molecule has 0 aromatic heterocycles.